The minimum absolute atomic E-state index is 0.0496. The van der Waals surface area contributed by atoms with Gasteiger partial charge in [0.1, 0.15) is 4.90 Å². The van der Waals surface area contributed by atoms with E-state index < -0.39 is 16.0 Å². The van der Waals surface area contributed by atoms with Crippen LogP contribution in [0.1, 0.15) is 17.3 Å². The number of rotatable bonds is 7. The van der Waals surface area contributed by atoms with Gasteiger partial charge in [0.25, 0.3) is 0 Å². The summed E-state index contributed by atoms with van der Waals surface area (Å²) >= 11 is 5.88. The van der Waals surface area contributed by atoms with Crippen molar-refractivity contribution in [1.29, 1.82) is 0 Å². The van der Waals surface area contributed by atoms with E-state index in [9.17, 15) is 13.2 Å². The largest absolute Gasteiger partial charge is 0.465 e. The summed E-state index contributed by atoms with van der Waals surface area (Å²) in [5.74, 6) is -0.620. The maximum absolute atomic E-state index is 12.1. The summed E-state index contributed by atoms with van der Waals surface area (Å²) in [6, 6.07) is 3.96. The molecule has 0 radical (unpaired) electrons. The van der Waals surface area contributed by atoms with E-state index in [1.165, 1.54) is 25.3 Å². The fourth-order valence-electron chi connectivity index (χ4n) is 1.48. The molecule has 0 saturated heterocycles. The van der Waals surface area contributed by atoms with Crippen LogP contribution in [0.5, 0.6) is 0 Å². The molecule has 0 saturated carbocycles. The Kier molecular flexibility index (Phi) is 6.41. The number of halogens is 1. The highest BCUT2D eigenvalue weighted by Gasteiger charge is 2.19. The van der Waals surface area contributed by atoms with Crippen molar-refractivity contribution in [2.24, 2.45) is 0 Å². The number of hydrogen-bond donors (Lipinski definition) is 2. The maximum atomic E-state index is 12.1. The molecule has 0 atom stereocenters. The van der Waals surface area contributed by atoms with Crippen LogP contribution in [0.15, 0.2) is 23.1 Å². The van der Waals surface area contributed by atoms with Crippen LogP contribution in [-0.4, -0.2) is 41.1 Å². The Bertz CT molecular complexity index is 575. The lowest BCUT2D eigenvalue weighted by Gasteiger charge is -2.09. The Morgan fingerprint density at radius 1 is 1.35 bits per heavy atom. The van der Waals surface area contributed by atoms with Crippen LogP contribution in [-0.2, 0) is 14.8 Å². The van der Waals surface area contributed by atoms with Crippen LogP contribution in [0, 0.1) is 0 Å². The molecule has 0 fully saturated rings. The van der Waals surface area contributed by atoms with E-state index in [2.05, 4.69) is 14.8 Å². The second-order valence-electron chi connectivity index (χ2n) is 3.89. The normalized spacial score (nSPS) is 11.3. The van der Waals surface area contributed by atoms with Crippen molar-refractivity contribution >= 4 is 27.6 Å². The summed E-state index contributed by atoms with van der Waals surface area (Å²) < 4.78 is 31.2. The first-order chi connectivity index (χ1) is 9.42. The van der Waals surface area contributed by atoms with Crippen molar-refractivity contribution in [3.8, 4) is 0 Å². The van der Waals surface area contributed by atoms with Gasteiger partial charge in [0.05, 0.1) is 17.7 Å². The number of nitrogens with one attached hydrogen (secondary N) is 2. The molecule has 0 aliphatic carbocycles. The van der Waals surface area contributed by atoms with E-state index in [1.807, 2.05) is 6.92 Å². The molecule has 1 rings (SSSR count). The Morgan fingerprint density at radius 3 is 2.65 bits per heavy atom. The van der Waals surface area contributed by atoms with E-state index in [0.29, 0.717) is 6.54 Å². The van der Waals surface area contributed by atoms with Crippen LogP contribution in [0.25, 0.3) is 0 Å². The Labute approximate surface area is 123 Å². The van der Waals surface area contributed by atoms with E-state index in [0.717, 1.165) is 6.54 Å². The lowest BCUT2D eigenvalue weighted by atomic mass is 10.2. The summed E-state index contributed by atoms with van der Waals surface area (Å²) in [4.78, 5) is 11.3. The molecule has 2 N–H and O–H groups in total. The molecule has 20 heavy (non-hydrogen) atoms. The van der Waals surface area contributed by atoms with Gasteiger partial charge in [-0.25, -0.2) is 17.9 Å². The van der Waals surface area contributed by atoms with E-state index >= 15 is 0 Å². The minimum atomic E-state index is -3.77. The predicted octanol–water partition coefficient (Wildman–Crippen LogP) is 1.01. The third kappa shape index (κ3) is 4.45. The predicted molar refractivity (Wildman–Crippen MR) is 76.5 cm³/mol. The van der Waals surface area contributed by atoms with Crippen LogP contribution >= 0.6 is 11.6 Å². The van der Waals surface area contributed by atoms with Gasteiger partial charge in [-0.3, -0.25) is 0 Å². The van der Waals surface area contributed by atoms with Gasteiger partial charge >= 0.3 is 5.97 Å². The zero-order chi connectivity index (χ0) is 15.2. The second-order valence-corrected chi connectivity index (χ2v) is 6.03. The molecule has 0 amide bonds. The van der Waals surface area contributed by atoms with Crippen LogP contribution in [0.3, 0.4) is 0 Å². The molecule has 6 nitrogen and oxygen atoms in total. The zero-order valence-electron chi connectivity index (χ0n) is 11.3. The first-order valence-corrected chi connectivity index (χ1v) is 7.86. The van der Waals surface area contributed by atoms with Gasteiger partial charge in [-0.15, -0.1) is 0 Å². The molecule has 0 unspecified atom stereocenters. The smallest absolute Gasteiger partial charge is 0.337 e. The van der Waals surface area contributed by atoms with Gasteiger partial charge in [0.15, 0.2) is 0 Å². The molecule has 8 heteroatoms. The van der Waals surface area contributed by atoms with Crippen molar-refractivity contribution in [2.45, 2.75) is 11.8 Å². The molecule has 0 spiro atoms. The minimum Gasteiger partial charge on any atom is -0.465 e. The van der Waals surface area contributed by atoms with Crippen LogP contribution in [0.2, 0.25) is 5.02 Å². The lowest BCUT2D eigenvalue weighted by Crippen LogP contribution is -2.32. The summed E-state index contributed by atoms with van der Waals surface area (Å²) in [7, 11) is -2.54. The number of esters is 1. The highest BCUT2D eigenvalue weighted by molar-refractivity contribution is 7.89. The first-order valence-electron chi connectivity index (χ1n) is 6.00. The quantitative estimate of drug-likeness (QED) is 0.578. The first kappa shape index (κ1) is 16.9. The zero-order valence-corrected chi connectivity index (χ0v) is 12.8. The number of methoxy groups -OCH3 is 1. The summed E-state index contributed by atoms with van der Waals surface area (Å²) in [5.41, 5.74) is 0.129. The van der Waals surface area contributed by atoms with E-state index in [-0.39, 0.29) is 22.0 Å². The number of carbonyl (C=O) groups is 1. The third-order valence-corrected chi connectivity index (χ3v) is 4.43. The van der Waals surface area contributed by atoms with E-state index in [4.69, 9.17) is 11.6 Å². The van der Waals surface area contributed by atoms with Crippen LogP contribution < -0.4 is 10.0 Å². The maximum Gasteiger partial charge on any atom is 0.337 e. The van der Waals surface area contributed by atoms with Gasteiger partial charge in [0, 0.05) is 13.1 Å². The molecule has 112 valence electrons. The van der Waals surface area contributed by atoms with Crippen molar-refractivity contribution in [2.75, 3.05) is 26.7 Å². The number of sulfonamides is 1. The topological polar surface area (TPSA) is 84.5 Å². The molecule has 0 aromatic heterocycles. The Balaban J connectivity index is 2.96. The summed E-state index contributed by atoms with van der Waals surface area (Å²) in [6.07, 6.45) is 0. The molecule has 0 aliphatic rings. The van der Waals surface area contributed by atoms with Crippen molar-refractivity contribution < 1.29 is 17.9 Å². The number of carbonyl (C=O) groups excluding carboxylic acids is 1. The molecule has 1 aromatic carbocycles. The van der Waals surface area contributed by atoms with Gasteiger partial charge in [-0.2, -0.15) is 0 Å². The Hall–Kier alpha value is -1.15. The van der Waals surface area contributed by atoms with Gasteiger partial charge < -0.3 is 10.1 Å². The highest BCUT2D eigenvalue weighted by atomic mass is 35.5. The Morgan fingerprint density at radius 2 is 2.05 bits per heavy atom. The van der Waals surface area contributed by atoms with Gasteiger partial charge in [-0.05, 0) is 24.7 Å². The van der Waals surface area contributed by atoms with Crippen molar-refractivity contribution in [3.05, 3.63) is 28.8 Å². The number of benzene rings is 1. The monoisotopic (exact) mass is 320 g/mol. The number of ether oxygens (including phenoxy) is 1. The molecular weight excluding hydrogens is 304 g/mol. The SMILES string of the molecule is CCNCCNS(=O)(=O)c1cc(C(=O)OC)ccc1Cl. The fraction of sp³-hybridized carbons (Fsp3) is 0.417. The fourth-order valence-corrected chi connectivity index (χ4v) is 3.04. The average molecular weight is 321 g/mol. The summed E-state index contributed by atoms with van der Waals surface area (Å²) in [6.45, 7) is 3.41. The molecule has 1 aromatic rings. The molecule has 0 heterocycles. The summed E-state index contributed by atoms with van der Waals surface area (Å²) in [5, 5.41) is 3.04. The average Bonchev–Trinajstić information content (AvgIpc) is 2.43. The molecule has 0 aliphatic heterocycles. The molecular formula is C12H17ClN2O4S. The van der Waals surface area contributed by atoms with E-state index in [1.54, 1.807) is 0 Å². The van der Waals surface area contributed by atoms with Gasteiger partial charge in [0.2, 0.25) is 10.0 Å². The lowest BCUT2D eigenvalue weighted by molar-refractivity contribution is 0.0600. The van der Waals surface area contributed by atoms with Crippen LogP contribution in [0.4, 0.5) is 0 Å². The third-order valence-electron chi connectivity index (χ3n) is 2.49. The second kappa shape index (κ2) is 7.58. The van der Waals surface area contributed by atoms with Gasteiger partial charge in [-0.1, -0.05) is 18.5 Å². The van der Waals surface area contributed by atoms with Crippen molar-refractivity contribution in [3.63, 3.8) is 0 Å². The standard InChI is InChI=1S/C12H17ClN2O4S/c1-3-14-6-7-15-20(17,18)11-8-9(12(16)19-2)4-5-10(11)13/h4-5,8,14-15H,3,6-7H2,1-2H3. The van der Waals surface area contributed by atoms with Crippen molar-refractivity contribution in [1.82, 2.24) is 10.0 Å². The number of likely N-dealkylation sites (N-methyl/N-ethyl adjacent to an activating group) is 1. The molecule has 0 bridgehead atoms. The number of hydrogen-bond acceptors (Lipinski definition) is 5. The highest BCUT2D eigenvalue weighted by Crippen LogP contribution is 2.22.